The number of para-hydroxylation sites is 2. The van der Waals surface area contributed by atoms with E-state index in [1.54, 1.807) is 48.5 Å². The molecule has 2 aromatic rings. The second kappa shape index (κ2) is 7.86. The largest absolute Gasteiger partial charge is 0.493 e. The van der Waals surface area contributed by atoms with Gasteiger partial charge >= 0.3 is 12.4 Å². The molecule has 2 aromatic carbocycles. The van der Waals surface area contributed by atoms with E-state index in [4.69, 9.17) is 19.3 Å². The number of carboxylic acids is 1. The topological polar surface area (TPSA) is 85.2 Å². The Kier molecular flexibility index (Phi) is 5.60. The fraction of sp³-hybridized carbons (Fsp3) is 0.118. The molecular formula is C17H16O6. The predicted molar refractivity (Wildman–Crippen MR) is 83.4 cm³/mol. The Balaban J connectivity index is 1.97. The summed E-state index contributed by atoms with van der Waals surface area (Å²) in [5.74, 6) is 0.179. The third kappa shape index (κ3) is 5.05. The van der Waals surface area contributed by atoms with Crippen LogP contribution in [-0.2, 0) is 4.79 Å². The lowest BCUT2D eigenvalue weighted by Crippen LogP contribution is -2.23. The standard InChI is InChI=1S/C17H16O6/c1-21-14-4-2-3-5-15(14)23-17(20)22-13-9-6-12(7-10-13)8-11-16(18)19/h2-11,17,20H,1H3,(H,18,19)/b11-8+. The predicted octanol–water partition coefficient (Wildman–Crippen LogP) is 2.53. The molecule has 0 aliphatic rings. The highest BCUT2D eigenvalue weighted by molar-refractivity contribution is 5.85. The van der Waals surface area contributed by atoms with Crippen molar-refractivity contribution in [2.45, 2.75) is 6.48 Å². The number of ether oxygens (including phenoxy) is 3. The van der Waals surface area contributed by atoms with E-state index in [1.165, 1.54) is 13.2 Å². The number of hydrogen-bond donors (Lipinski definition) is 2. The second-order valence-electron chi connectivity index (χ2n) is 4.43. The molecule has 120 valence electrons. The van der Waals surface area contributed by atoms with Gasteiger partial charge in [0.2, 0.25) is 0 Å². The highest BCUT2D eigenvalue weighted by atomic mass is 16.8. The van der Waals surface area contributed by atoms with Crippen molar-refractivity contribution in [3.63, 3.8) is 0 Å². The molecule has 6 heteroatoms. The molecule has 0 radical (unpaired) electrons. The van der Waals surface area contributed by atoms with Crippen LogP contribution in [0.1, 0.15) is 5.56 Å². The van der Waals surface area contributed by atoms with E-state index in [1.807, 2.05) is 0 Å². The number of methoxy groups -OCH3 is 1. The molecule has 0 saturated heterocycles. The van der Waals surface area contributed by atoms with Gasteiger partial charge in [0.15, 0.2) is 11.5 Å². The van der Waals surface area contributed by atoms with Gasteiger partial charge in [-0.2, -0.15) is 0 Å². The SMILES string of the molecule is COc1ccccc1OC(O)Oc1ccc(/C=C/C(=O)O)cc1. The number of aliphatic hydroxyl groups excluding tert-OH is 1. The minimum atomic E-state index is -1.51. The van der Waals surface area contributed by atoms with Crippen LogP contribution in [0.25, 0.3) is 6.08 Å². The molecule has 23 heavy (non-hydrogen) atoms. The third-order valence-electron chi connectivity index (χ3n) is 2.83. The van der Waals surface area contributed by atoms with Gasteiger partial charge in [0, 0.05) is 6.08 Å². The smallest absolute Gasteiger partial charge is 0.358 e. The zero-order valence-electron chi connectivity index (χ0n) is 12.4. The maximum Gasteiger partial charge on any atom is 0.358 e. The summed E-state index contributed by atoms with van der Waals surface area (Å²) in [6, 6.07) is 13.4. The molecule has 1 atom stereocenters. The molecular weight excluding hydrogens is 300 g/mol. The van der Waals surface area contributed by atoms with Gasteiger partial charge < -0.3 is 24.4 Å². The van der Waals surface area contributed by atoms with Crippen molar-refractivity contribution in [1.82, 2.24) is 0 Å². The van der Waals surface area contributed by atoms with Crippen LogP contribution in [0.4, 0.5) is 0 Å². The van der Waals surface area contributed by atoms with Gasteiger partial charge in [-0.3, -0.25) is 0 Å². The van der Waals surface area contributed by atoms with E-state index in [9.17, 15) is 9.90 Å². The van der Waals surface area contributed by atoms with Crippen molar-refractivity contribution in [1.29, 1.82) is 0 Å². The fourth-order valence-corrected chi connectivity index (χ4v) is 1.79. The molecule has 0 amide bonds. The van der Waals surface area contributed by atoms with Crippen LogP contribution in [0.15, 0.2) is 54.6 Å². The first kappa shape index (κ1) is 16.4. The maximum atomic E-state index is 10.4. The monoisotopic (exact) mass is 316 g/mol. The van der Waals surface area contributed by atoms with Crippen LogP contribution < -0.4 is 14.2 Å². The van der Waals surface area contributed by atoms with Crippen molar-refractivity contribution >= 4 is 12.0 Å². The Bertz CT molecular complexity index is 678. The average Bonchev–Trinajstić information content (AvgIpc) is 2.54. The van der Waals surface area contributed by atoms with E-state index < -0.39 is 12.4 Å². The first-order chi connectivity index (χ1) is 11.1. The molecule has 0 aliphatic heterocycles. The first-order valence-corrected chi connectivity index (χ1v) is 6.74. The number of aliphatic carboxylic acids is 1. The molecule has 0 aromatic heterocycles. The Morgan fingerprint density at radius 2 is 1.70 bits per heavy atom. The summed E-state index contributed by atoms with van der Waals surface area (Å²) in [6.07, 6.45) is 2.49. The van der Waals surface area contributed by atoms with Crippen molar-refractivity contribution < 1.29 is 29.2 Å². The van der Waals surface area contributed by atoms with Crippen LogP contribution in [0.5, 0.6) is 17.2 Å². The third-order valence-corrected chi connectivity index (χ3v) is 2.83. The summed E-state index contributed by atoms with van der Waals surface area (Å²) < 4.78 is 15.6. The average molecular weight is 316 g/mol. The molecule has 0 saturated carbocycles. The lowest BCUT2D eigenvalue weighted by atomic mass is 10.2. The normalized spacial score (nSPS) is 11.9. The van der Waals surface area contributed by atoms with Crippen LogP contribution in [0, 0.1) is 0 Å². The van der Waals surface area contributed by atoms with Gasteiger partial charge in [-0.25, -0.2) is 4.79 Å². The molecule has 0 heterocycles. The van der Waals surface area contributed by atoms with Gasteiger partial charge in [-0.1, -0.05) is 24.3 Å². The highest BCUT2D eigenvalue weighted by Crippen LogP contribution is 2.27. The van der Waals surface area contributed by atoms with Crippen LogP contribution in [-0.4, -0.2) is 29.8 Å². The second-order valence-corrected chi connectivity index (χ2v) is 4.43. The highest BCUT2D eigenvalue weighted by Gasteiger charge is 2.11. The van der Waals surface area contributed by atoms with Gasteiger partial charge in [-0.15, -0.1) is 0 Å². The molecule has 0 aliphatic carbocycles. The van der Waals surface area contributed by atoms with Crippen LogP contribution >= 0.6 is 0 Å². The van der Waals surface area contributed by atoms with Crippen LogP contribution in [0.2, 0.25) is 0 Å². The van der Waals surface area contributed by atoms with E-state index in [0.717, 1.165) is 6.08 Å². The molecule has 0 spiro atoms. The van der Waals surface area contributed by atoms with E-state index in [-0.39, 0.29) is 0 Å². The van der Waals surface area contributed by atoms with Gasteiger partial charge in [0.1, 0.15) is 5.75 Å². The maximum absolute atomic E-state index is 10.4. The fourth-order valence-electron chi connectivity index (χ4n) is 1.79. The Hall–Kier alpha value is -2.99. The van der Waals surface area contributed by atoms with Gasteiger partial charge in [-0.05, 0) is 35.9 Å². The molecule has 6 nitrogen and oxygen atoms in total. The zero-order valence-corrected chi connectivity index (χ0v) is 12.4. The molecule has 1 unspecified atom stereocenters. The Morgan fingerprint density at radius 1 is 1.04 bits per heavy atom. The van der Waals surface area contributed by atoms with Crippen LogP contribution in [0.3, 0.4) is 0 Å². The van der Waals surface area contributed by atoms with Crippen molar-refractivity contribution in [2.75, 3.05) is 7.11 Å². The zero-order chi connectivity index (χ0) is 16.7. The van der Waals surface area contributed by atoms with E-state index in [2.05, 4.69) is 0 Å². The number of carbonyl (C=O) groups is 1. The lowest BCUT2D eigenvalue weighted by Gasteiger charge is -2.16. The number of carboxylic acid groups (broad SMARTS) is 1. The van der Waals surface area contributed by atoms with Crippen molar-refractivity contribution in [3.05, 3.63) is 60.2 Å². The molecule has 0 bridgehead atoms. The van der Waals surface area contributed by atoms with Gasteiger partial charge in [0.05, 0.1) is 7.11 Å². The number of hydrogen-bond acceptors (Lipinski definition) is 5. The Labute approximate surface area is 133 Å². The summed E-state index contributed by atoms with van der Waals surface area (Å²) in [5, 5.41) is 18.4. The first-order valence-electron chi connectivity index (χ1n) is 6.74. The quantitative estimate of drug-likeness (QED) is 0.603. The minimum absolute atomic E-state index is 0.350. The Morgan fingerprint density at radius 3 is 2.30 bits per heavy atom. The van der Waals surface area contributed by atoms with E-state index >= 15 is 0 Å². The van der Waals surface area contributed by atoms with Crippen molar-refractivity contribution in [3.8, 4) is 17.2 Å². The summed E-state index contributed by atoms with van der Waals surface area (Å²) in [5.41, 5.74) is 0.694. The number of rotatable bonds is 7. The van der Waals surface area contributed by atoms with E-state index in [0.29, 0.717) is 22.8 Å². The molecule has 0 fully saturated rings. The molecule has 2 N–H and O–H groups in total. The molecule has 2 rings (SSSR count). The lowest BCUT2D eigenvalue weighted by molar-refractivity contribution is -0.160. The summed E-state index contributed by atoms with van der Waals surface area (Å²) in [7, 11) is 1.50. The summed E-state index contributed by atoms with van der Waals surface area (Å²) in [6.45, 7) is -1.51. The summed E-state index contributed by atoms with van der Waals surface area (Å²) >= 11 is 0. The number of aliphatic hydroxyl groups is 1. The minimum Gasteiger partial charge on any atom is -0.493 e. The van der Waals surface area contributed by atoms with Crippen molar-refractivity contribution in [2.24, 2.45) is 0 Å². The van der Waals surface area contributed by atoms with Gasteiger partial charge in [0.25, 0.3) is 0 Å². The summed E-state index contributed by atoms with van der Waals surface area (Å²) in [4.78, 5) is 10.4. The number of benzene rings is 2.